The maximum absolute atomic E-state index is 13.9. The average Bonchev–Trinajstić information content (AvgIpc) is 3.03. The van der Waals surface area contributed by atoms with E-state index in [1.165, 1.54) is 18.3 Å². The Balaban J connectivity index is 1.79. The first-order valence-corrected chi connectivity index (χ1v) is 8.10. The Morgan fingerprint density at radius 2 is 1.96 bits per heavy atom. The molecule has 0 bridgehead atoms. The van der Waals surface area contributed by atoms with Crippen LogP contribution < -0.4 is 11.1 Å². The van der Waals surface area contributed by atoms with E-state index in [2.05, 4.69) is 30.2 Å². The third-order valence-electron chi connectivity index (χ3n) is 3.91. The molecule has 0 saturated heterocycles. The van der Waals surface area contributed by atoms with Gasteiger partial charge in [0.05, 0.1) is 11.9 Å². The molecule has 0 saturated carbocycles. The molecule has 4 aromatic rings. The molecule has 3 heterocycles. The van der Waals surface area contributed by atoms with E-state index in [0.717, 1.165) is 6.07 Å². The first-order chi connectivity index (χ1) is 13.1. The number of hydrogen-bond acceptors (Lipinski definition) is 7. The number of hydrogen-bond donors (Lipinski definition) is 2. The molecule has 0 aliphatic rings. The van der Waals surface area contributed by atoms with Crippen LogP contribution in [0.2, 0.25) is 0 Å². The minimum atomic E-state index is -0.998. The number of nitrogens with one attached hydrogen (secondary N) is 1. The second kappa shape index (κ2) is 6.56. The van der Waals surface area contributed by atoms with Gasteiger partial charge >= 0.3 is 0 Å². The monoisotopic (exact) mass is 368 g/mol. The van der Waals surface area contributed by atoms with Crippen LogP contribution in [-0.2, 0) is 6.54 Å². The van der Waals surface area contributed by atoms with Crippen molar-refractivity contribution in [1.29, 1.82) is 0 Å². The van der Waals surface area contributed by atoms with Gasteiger partial charge in [0.25, 0.3) is 0 Å². The molecule has 0 atom stereocenters. The highest BCUT2D eigenvalue weighted by Gasteiger charge is 2.16. The number of nitrogen functional groups attached to an aromatic ring is 1. The Labute approximate surface area is 152 Å². The van der Waals surface area contributed by atoms with Gasteiger partial charge in [0.1, 0.15) is 11.2 Å². The number of aryl methyl sites for hydroxylation is 1. The molecule has 0 radical (unpaired) electrons. The zero-order valence-corrected chi connectivity index (χ0v) is 14.2. The summed E-state index contributed by atoms with van der Waals surface area (Å²) in [7, 11) is 0. The summed E-state index contributed by atoms with van der Waals surface area (Å²) in [5.74, 6) is -1.14. The highest BCUT2D eigenvalue weighted by Crippen LogP contribution is 2.24. The van der Waals surface area contributed by atoms with Gasteiger partial charge in [-0.05, 0) is 25.1 Å². The van der Waals surface area contributed by atoms with Crippen molar-refractivity contribution < 1.29 is 8.78 Å². The molecule has 4 rings (SSSR count). The van der Waals surface area contributed by atoms with Gasteiger partial charge in [0.2, 0.25) is 11.9 Å². The number of nitrogens with two attached hydrogens (primary N) is 1. The number of rotatable bonds is 4. The van der Waals surface area contributed by atoms with E-state index in [4.69, 9.17) is 5.73 Å². The Kier molecular flexibility index (Phi) is 4.07. The number of fused-ring (bicyclic) bond motifs is 1. The summed E-state index contributed by atoms with van der Waals surface area (Å²) in [6.07, 6.45) is 3.05. The topological polar surface area (TPSA) is 107 Å². The normalized spacial score (nSPS) is 11.1. The molecule has 3 N–H and O–H groups in total. The maximum atomic E-state index is 13.9. The lowest BCUT2D eigenvalue weighted by Gasteiger charge is -2.07. The SMILES string of the molecule is CCn1c(-c2ccnc(N)n2)nc2cnc(Nc3cccc(F)c3F)nc21. The first kappa shape index (κ1) is 16.8. The highest BCUT2D eigenvalue weighted by atomic mass is 19.2. The van der Waals surface area contributed by atoms with E-state index < -0.39 is 11.6 Å². The summed E-state index contributed by atoms with van der Waals surface area (Å²) in [5.41, 5.74) is 7.21. The Morgan fingerprint density at radius 1 is 1.11 bits per heavy atom. The average molecular weight is 368 g/mol. The van der Waals surface area contributed by atoms with Gasteiger partial charge in [-0.2, -0.15) is 4.98 Å². The van der Waals surface area contributed by atoms with Crippen LogP contribution in [0.5, 0.6) is 0 Å². The zero-order valence-electron chi connectivity index (χ0n) is 14.2. The molecule has 10 heteroatoms. The largest absolute Gasteiger partial charge is 0.368 e. The van der Waals surface area contributed by atoms with Gasteiger partial charge in [-0.1, -0.05) is 6.07 Å². The van der Waals surface area contributed by atoms with Crippen molar-refractivity contribution in [2.75, 3.05) is 11.1 Å². The fraction of sp³-hybridized carbons (Fsp3) is 0.118. The fourth-order valence-electron chi connectivity index (χ4n) is 2.69. The van der Waals surface area contributed by atoms with Gasteiger partial charge in [0.15, 0.2) is 23.1 Å². The molecule has 8 nitrogen and oxygen atoms in total. The van der Waals surface area contributed by atoms with E-state index in [0.29, 0.717) is 29.2 Å². The first-order valence-electron chi connectivity index (χ1n) is 8.10. The number of imidazole rings is 1. The molecule has 1 aromatic carbocycles. The van der Waals surface area contributed by atoms with Crippen LogP contribution in [0.25, 0.3) is 22.7 Å². The predicted octanol–water partition coefficient (Wildman–Crippen LogP) is 2.91. The van der Waals surface area contributed by atoms with Crippen molar-refractivity contribution in [1.82, 2.24) is 29.5 Å². The van der Waals surface area contributed by atoms with Crippen LogP contribution in [0.15, 0.2) is 36.7 Å². The molecule has 0 unspecified atom stereocenters. The summed E-state index contributed by atoms with van der Waals surface area (Å²) in [4.78, 5) is 21.1. The second-order valence-electron chi connectivity index (χ2n) is 5.61. The van der Waals surface area contributed by atoms with Gasteiger partial charge in [-0.25, -0.2) is 28.7 Å². The van der Waals surface area contributed by atoms with Crippen molar-refractivity contribution in [2.24, 2.45) is 0 Å². The quantitative estimate of drug-likeness (QED) is 0.570. The minimum Gasteiger partial charge on any atom is -0.368 e. The van der Waals surface area contributed by atoms with E-state index >= 15 is 0 Å². The lowest BCUT2D eigenvalue weighted by molar-refractivity contribution is 0.511. The number of aromatic nitrogens is 6. The Bertz CT molecular complexity index is 1140. The molecular formula is C17H14F2N8. The molecule has 0 aliphatic carbocycles. The second-order valence-corrected chi connectivity index (χ2v) is 5.61. The van der Waals surface area contributed by atoms with E-state index in [1.54, 1.807) is 12.3 Å². The van der Waals surface area contributed by atoms with Crippen LogP contribution in [0.4, 0.5) is 26.4 Å². The minimum absolute atomic E-state index is 0.0549. The molecule has 27 heavy (non-hydrogen) atoms. The fourth-order valence-corrected chi connectivity index (χ4v) is 2.69. The lowest BCUT2D eigenvalue weighted by Crippen LogP contribution is -2.04. The van der Waals surface area contributed by atoms with Gasteiger partial charge in [-0.3, -0.25) is 0 Å². The highest BCUT2D eigenvalue weighted by molar-refractivity contribution is 5.77. The molecular weight excluding hydrogens is 354 g/mol. The summed E-state index contributed by atoms with van der Waals surface area (Å²) in [5, 5.41) is 2.69. The predicted molar refractivity (Wildman–Crippen MR) is 96.1 cm³/mol. The van der Waals surface area contributed by atoms with Crippen molar-refractivity contribution in [3.8, 4) is 11.5 Å². The molecule has 3 aromatic heterocycles. The molecule has 0 fully saturated rings. The van der Waals surface area contributed by atoms with Crippen LogP contribution in [0, 0.1) is 11.6 Å². The zero-order chi connectivity index (χ0) is 19.0. The third-order valence-corrected chi connectivity index (χ3v) is 3.91. The summed E-state index contributed by atoms with van der Waals surface area (Å²) >= 11 is 0. The van der Waals surface area contributed by atoms with E-state index in [1.807, 2.05) is 11.5 Å². The number of nitrogens with zero attached hydrogens (tertiary/aromatic N) is 6. The van der Waals surface area contributed by atoms with Crippen LogP contribution in [0.1, 0.15) is 6.92 Å². The lowest BCUT2D eigenvalue weighted by atomic mass is 10.3. The van der Waals surface area contributed by atoms with Crippen LogP contribution >= 0.6 is 0 Å². The summed E-state index contributed by atoms with van der Waals surface area (Å²) in [6, 6.07) is 5.53. The van der Waals surface area contributed by atoms with Crippen molar-refractivity contribution in [3.05, 3.63) is 48.3 Å². The van der Waals surface area contributed by atoms with Crippen molar-refractivity contribution in [2.45, 2.75) is 13.5 Å². The van der Waals surface area contributed by atoms with E-state index in [-0.39, 0.29) is 17.6 Å². The summed E-state index contributed by atoms with van der Waals surface area (Å²) in [6.45, 7) is 2.48. The van der Waals surface area contributed by atoms with Gasteiger partial charge in [0, 0.05) is 12.7 Å². The number of halogens is 2. The molecule has 0 amide bonds. The van der Waals surface area contributed by atoms with E-state index in [9.17, 15) is 8.78 Å². The van der Waals surface area contributed by atoms with Gasteiger partial charge < -0.3 is 15.6 Å². The van der Waals surface area contributed by atoms with Crippen molar-refractivity contribution >= 4 is 28.7 Å². The molecule has 136 valence electrons. The third kappa shape index (κ3) is 3.01. The standard InChI is InChI=1S/C17H14F2N8/c1-2-27-14(11-6-7-21-16(20)24-11)23-12-8-22-17(26-15(12)27)25-10-5-3-4-9(18)13(10)19/h3-8H,2H2,1H3,(H2,20,21,24)(H,22,25,26). The molecule has 0 aliphatic heterocycles. The van der Waals surface area contributed by atoms with Crippen LogP contribution in [0.3, 0.4) is 0 Å². The Hall–Kier alpha value is -3.69. The maximum Gasteiger partial charge on any atom is 0.229 e. The summed E-state index contributed by atoms with van der Waals surface area (Å²) < 4.78 is 29.1. The molecule has 0 spiro atoms. The van der Waals surface area contributed by atoms with Gasteiger partial charge in [-0.15, -0.1) is 0 Å². The van der Waals surface area contributed by atoms with Crippen molar-refractivity contribution in [3.63, 3.8) is 0 Å². The number of benzene rings is 1. The Morgan fingerprint density at radius 3 is 2.74 bits per heavy atom. The van der Waals surface area contributed by atoms with Crippen LogP contribution in [-0.4, -0.2) is 29.5 Å². The number of anilines is 3. The smallest absolute Gasteiger partial charge is 0.229 e.